The molecule has 4 heteroatoms. The molecule has 2 rings (SSSR count). The third-order valence-electron chi connectivity index (χ3n) is 4.01. The molecular formula is C16H20NO3-. The van der Waals surface area contributed by atoms with Crippen molar-refractivity contribution in [2.24, 2.45) is 11.8 Å². The summed E-state index contributed by atoms with van der Waals surface area (Å²) in [6.07, 6.45) is 3.81. The quantitative estimate of drug-likeness (QED) is 0.909. The lowest BCUT2D eigenvalue weighted by molar-refractivity contribution is -0.313. The maximum Gasteiger partial charge on any atom is 0.228 e. The number of rotatable bonds is 4. The number of carbonyl (C=O) groups excluding carboxylic acids is 2. The number of amides is 1. The van der Waals surface area contributed by atoms with Crippen molar-refractivity contribution in [1.29, 1.82) is 0 Å². The van der Waals surface area contributed by atoms with Crippen molar-refractivity contribution in [3.63, 3.8) is 0 Å². The number of anilines is 1. The summed E-state index contributed by atoms with van der Waals surface area (Å²) >= 11 is 0. The first-order valence-electron chi connectivity index (χ1n) is 7.22. The van der Waals surface area contributed by atoms with E-state index < -0.39 is 17.8 Å². The van der Waals surface area contributed by atoms with Gasteiger partial charge in [0.05, 0.1) is 0 Å². The van der Waals surface area contributed by atoms with E-state index in [0.29, 0.717) is 12.8 Å². The van der Waals surface area contributed by atoms with Crippen LogP contribution in [0.15, 0.2) is 24.3 Å². The molecule has 1 aromatic carbocycles. The van der Waals surface area contributed by atoms with Gasteiger partial charge in [-0.2, -0.15) is 0 Å². The molecule has 1 fully saturated rings. The van der Waals surface area contributed by atoms with Gasteiger partial charge in [0.25, 0.3) is 0 Å². The number of carboxylic acids is 1. The zero-order chi connectivity index (χ0) is 14.5. The molecular weight excluding hydrogens is 254 g/mol. The van der Waals surface area contributed by atoms with Gasteiger partial charge in [0.15, 0.2) is 0 Å². The lowest BCUT2D eigenvalue weighted by atomic mass is 9.78. The van der Waals surface area contributed by atoms with Crippen LogP contribution in [0.5, 0.6) is 0 Å². The zero-order valence-corrected chi connectivity index (χ0v) is 11.7. The van der Waals surface area contributed by atoms with Gasteiger partial charge in [-0.3, -0.25) is 4.79 Å². The first-order valence-corrected chi connectivity index (χ1v) is 7.22. The first kappa shape index (κ1) is 14.6. The Morgan fingerprint density at radius 2 is 1.95 bits per heavy atom. The molecule has 0 bridgehead atoms. The second-order valence-corrected chi connectivity index (χ2v) is 5.36. The molecule has 0 aliphatic heterocycles. The molecule has 20 heavy (non-hydrogen) atoms. The van der Waals surface area contributed by atoms with Gasteiger partial charge in [0, 0.05) is 23.5 Å². The SMILES string of the molecule is CCc1cccc(NC(=O)[C@H]2CCCC[C@@H]2C(=O)[O-])c1. The molecule has 2 atom stereocenters. The Labute approximate surface area is 119 Å². The molecule has 1 N–H and O–H groups in total. The van der Waals surface area contributed by atoms with Crippen molar-refractivity contribution in [2.45, 2.75) is 39.0 Å². The number of carbonyl (C=O) groups is 2. The summed E-state index contributed by atoms with van der Waals surface area (Å²) < 4.78 is 0. The van der Waals surface area contributed by atoms with E-state index in [1.165, 1.54) is 0 Å². The Morgan fingerprint density at radius 1 is 1.25 bits per heavy atom. The van der Waals surface area contributed by atoms with Gasteiger partial charge >= 0.3 is 0 Å². The lowest BCUT2D eigenvalue weighted by Crippen LogP contribution is -2.42. The minimum Gasteiger partial charge on any atom is -0.550 e. The normalized spacial score (nSPS) is 22.2. The van der Waals surface area contributed by atoms with Crippen molar-refractivity contribution in [3.05, 3.63) is 29.8 Å². The fourth-order valence-corrected chi connectivity index (χ4v) is 2.83. The van der Waals surface area contributed by atoms with Gasteiger partial charge in [-0.1, -0.05) is 31.9 Å². The van der Waals surface area contributed by atoms with Crippen molar-refractivity contribution >= 4 is 17.6 Å². The number of carboxylic acid groups (broad SMARTS) is 1. The Hall–Kier alpha value is -1.84. The van der Waals surface area contributed by atoms with Crippen molar-refractivity contribution < 1.29 is 14.7 Å². The summed E-state index contributed by atoms with van der Waals surface area (Å²) in [7, 11) is 0. The minimum absolute atomic E-state index is 0.202. The summed E-state index contributed by atoms with van der Waals surface area (Å²) in [6.45, 7) is 2.05. The van der Waals surface area contributed by atoms with Crippen LogP contribution in [0.4, 0.5) is 5.69 Å². The Balaban J connectivity index is 2.07. The second-order valence-electron chi connectivity index (χ2n) is 5.36. The molecule has 0 heterocycles. The van der Waals surface area contributed by atoms with Gasteiger partial charge in [-0.25, -0.2) is 0 Å². The van der Waals surface area contributed by atoms with Crippen LogP contribution in [0.3, 0.4) is 0 Å². The summed E-state index contributed by atoms with van der Waals surface area (Å²) in [4.78, 5) is 23.4. The van der Waals surface area contributed by atoms with E-state index in [0.717, 1.165) is 30.5 Å². The molecule has 1 aliphatic rings. The second kappa shape index (κ2) is 6.55. The van der Waals surface area contributed by atoms with E-state index in [2.05, 4.69) is 5.32 Å². The smallest absolute Gasteiger partial charge is 0.228 e. The van der Waals surface area contributed by atoms with E-state index in [1.807, 2.05) is 31.2 Å². The van der Waals surface area contributed by atoms with Crippen LogP contribution in [0.1, 0.15) is 38.2 Å². The fourth-order valence-electron chi connectivity index (χ4n) is 2.83. The summed E-state index contributed by atoms with van der Waals surface area (Å²) in [6, 6.07) is 7.65. The lowest BCUT2D eigenvalue weighted by Gasteiger charge is -2.31. The van der Waals surface area contributed by atoms with Crippen LogP contribution in [0.2, 0.25) is 0 Å². The Kier molecular flexibility index (Phi) is 4.77. The molecule has 1 aromatic rings. The summed E-state index contributed by atoms with van der Waals surface area (Å²) in [5.41, 5.74) is 1.87. The number of aryl methyl sites for hydroxylation is 1. The largest absolute Gasteiger partial charge is 0.550 e. The molecule has 1 saturated carbocycles. The van der Waals surface area contributed by atoms with E-state index in [9.17, 15) is 14.7 Å². The van der Waals surface area contributed by atoms with E-state index in [4.69, 9.17) is 0 Å². The number of nitrogens with one attached hydrogen (secondary N) is 1. The Morgan fingerprint density at radius 3 is 2.60 bits per heavy atom. The molecule has 0 radical (unpaired) electrons. The molecule has 108 valence electrons. The zero-order valence-electron chi connectivity index (χ0n) is 11.7. The van der Waals surface area contributed by atoms with Crippen LogP contribution >= 0.6 is 0 Å². The van der Waals surface area contributed by atoms with Crippen molar-refractivity contribution in [1.82, 2.24) is 0 Å². The minimum atomic E-state index is -1.10. The molecule has 0 saturated heterocycles. The predicted octanol–water partition coefficient (Wildman–Crippen LogP) is 1.74. The van der Waals surface area contributed by atoms with Gasteiger partial charge in [-0.05, 0) is 37.0 Å². The van der Waals surface area contributed by atoms with Gasteiger partial charge in [0.2, 0.25) is 5.91 Å². The fraction of sp³-hybridized carbons (Fsp3) is 0.500. The molecule has 4 nitrogen and oxygen atoms in total. The van der Waals surface area contributed by atoms with Crippen LogP contribution in [0, 0.1) is 11.8 Å². The van der Waals surface area contributed by atoms with Crippen LogP contribution in [-0.2, 0) is 16.0 Å². The van der Waals surface area contributed by atoms with E-state index >= 15 is 0 Å². The molecule has 1 amide bonds. The molecule has 1 aliphatic carbocycles. The average Bonchev–Trinajstić information content (AvgIpc) is 2.47. The highest BCUT2D eigenvalue weighted by Gasteiger charge is 2.31. The van der Waals surface area contributed by atoms with Gasteiger partial charge in [0.1, 0.15) is 0 Å². The molecule has 0 spiro atoms. The average molecular weight is 274 g/mol. The predicted molar refractivity (Wildman–Crippen MR) is 74.9 cm³/mol. The highest BCUT2D eigenvalue weighted by molar-refractivity contribution is 5.95. The maximum atomic E-state index is 12.3. The van der Waals surface area contributed by atoms with Crippen LogP contribution < -0.4 is 10.4 Å². The number of hydrogen-bond acceptors (Lipinski definition) is 3. The standard InChI is InChI=1S/C16H21NO3/c1-2-11-6-5-7-12(10-11)17-15(18)13-8-3-4-9-14(13)16(19)20/h5-7,10,13-14H,2-4,8-9H2,1H3,(H,17,18)(H,19,20)/p-1/t13-,14-/m0/s1. The monoisotopic (exact) mass is 274 g/mol. The topological polar surface area (TPSA) is 69.2 Å². The Bertz CT molecular complexity index is 498. The van der Waals surface area contributed by atoms with Crippen molar-refractivity contribution in [2.75, 3.05) is 5.32 Å². The maximum absolute atomic E-state index is 12.3. The van der Waals surface area contributed by atoms with Crippen LogP contribution in [-0.4, -0.2) is 11.9 Å². The van der Waals surface area contributed by atoms with E-state index in [1.54, 1.807) is 0 Å². The molecule has 0 unspecified atom stereocenters. The third kappa shape index (κ3) is 3.38. The van der Waals surface area contributed by atoms with E-state index in [-0.39, 0.29) is 5.91 Å². The van der Waals surface area contributed by atoms with Crippen molar-refractivity contribution in [3.8, 4) is 0 Å². The van der Waals surface area contributed by atoms with Crippen LogP contribution in [0.25, 0.3) is 0 Å². The third-order valence-corrected chi connectivity index (χ3v) is 4.01. The van der Waals surface area contributed by atoms with Gasteiger partial charge < -0.3 is 15.2 Å². The number of benzene rings is 1. The molecule has 0 aromatic heterocycles. The highest BCUT2D eigenvalue weighted by atomic mass is 16.4. The number of hydrogen-bond donors (Lipinski definition) is 1. The highest BCUT2D eigenvalue weighted by Crippen LogP contribution is 2.30. The first-order chi connectivity index (χ1) is 9.61. The number of aliphatic carboxylic acids is 1. The summed E-state index contributed by atoms with van der Waals surface area (Å²) in [5.74, 6) is -2.43. The van der Waals surface area contributed by atoms with Gasteiger partial charge in [-0.15, -0.1) is 0 Å². The summed E-state index contributed by atoms with van der Waals surface area (Å²) in [5, 5.41) is 14.0.